The fourth-order valence-corrected chi connectivity index (χ4v) is 6.94. The van der Waals surface area contributed by atoms with E-state index in [4.69, 9.17) is 9.47 Å². The van der Waals surface area contributed by atoms with Gasteiger partial charge in [0, 0.05) is 24.9 Å². The molecule has 0 aliphatic carbocycles. The molecule has 0 bridgehead atoms. The zero-order chi connectivity index (χ0) is 31.4. The molecule has 5 heteroatoms. The van der Waals surface area contributed by atoms with E-state index in [0.717, 1.165) is 68.8 Å². The smallest absolute Gasteiger partial charge is 0.164 e. The number of Topliss-reactive ketones (excluding diaryl/α,β-unsaturated/α-hetero) is 1. The highest BCUT2D eigenvalue weighted by atomic mass is 19.1. The van der Waals surface area contributed by atoms with Crippen molar-refractivity contribution in [3.63, 3.8) is 0 Å². The second kappa shape index (κ2) is 21.4. The number of unbranched alkanes of at least 4 members (excludes halogenated alkanes) is 12. The van der Waals surface area contributed by atoms with Gasteiger partial charge in [-0.3, -0.25) is 4.79 Å². The zero-order valence-corrected chi connectivity index (χ0v) is 28.1. The lowest BCUT2D eigenvalue weighted by atomic mass is 9.76. The first-order chi connectivity index (χ1) is 21.5. The van der Waals surface area contributed by atoms with Gasteiger partial charge in [0.1, 0.15) is 11.6 Å². The summed E-state index contributed by atoms with van der Waals surface area (Å²) in [6.45, 7) is 5.28. The van der Waals surface area contributed by atoms with Gasteiger partial charge in [-0.05, 0) is 74.4 Å². The Bertz CT molecular complexity index is 1050. The van der Waals surface area contributed by atoms with Crippen molar-refractivity contribution in [1.29, 1.82) is 0 Å². The molecule has 4 nitrogen and oxygen atoms in total. The minimum Gasteiger partial charge on any atom is -0.493 e. The van der Waals surface area contributed by atoms with Gasteiger partial charge in [-0.15, -0.1) is 0 Å². The number of methoxy groups -OCH3 is 2. The average molecular weight is 610 g/mol. The Kier molecular flexibility index (Phi) is 17.5. The van der Waals surface area contributed by atoms with Crippen molar-refractivity contribution < 1.29 is 18.7 Å². The van der Waals surface area contributed by atoms with E-state index in [1.165, 1.54) is 76.2 Å². The maximum absolute atomic E-state index is 13.4. The number of nitrogens with zero attached hydrogens (tertiary/aromatic N) is 1. The topological polar surface area (TPSA) is 38.8 Å². The van der Waals surface area contributed by atoms with E-state index in [-0.39, 0.29) is 11.7 Å². The number of benzene rings is 2. The van der Waals surface area contributed by atoms with Crippen LogP contribution in [0.4, 0.5) is 4.39 Å². The van der Waals surface area contributed by atoms with E-state index < -0.39 is 0 Å². The number of hydrogen-bond acceptors (Lipinski definition) is 4. The van der Waals surface area contributed by atoms with Gasteiger partial charge in [-0.1, -0.05) is 108 Å². The standard InChI is InChI=1S/C39H60FNO3/c1-4-5-6-7-8-9-10-11-12-13-14-15-16-18-35(42)31-37(36-19-17-20-38(43-2)39(36)44-3)33-26-29-41(30-27-33)28-25-32-21-23-34(40)24-22-32/h17,19-24,33,37H,4-16,18,25-31H2,1-3H3/t37-/m1/s1. The summed E-state index contributed by atoms with van der Waals surface area (Å²) in [6, 6.07) is 13.0. The van der Waals surface area contributed by atoms with Gasteiger partial charge >= 0.3 is 0 Å². The fraction of sp³-hybridized carbons (Fsp3) is 0.667. The van der Waals surface area contributed by atoms with Crippen LogP contribution in [-0.2, 0) is 11.2 Å². The van der Waals surface area contributed by atoms with Crippen molar-refractivity contribution >= 4 is 5.78 Å². The molecule has 0 saturated carbocycles. The predicted molar refractivity (Wildman–Crippen MR) is 181 cm³/mol. The Labute approximate surface area is 268 Å². The summed E-state index contributed by atoms with van der Waals surface area (Å²) in [6.07, 6.45) is 21.4. The van der Waals surface area contributed by atoms with Crippen molar-refractivity contribution in [1.82, 2.24) is 4.90 Å². The summed E-state index contributed by atoms with van der Waals surface area (Å²) >= 11 is 0. The summed E-state index contributed by atoms with van der Waals surface area (Å²) < 4.78 is 24.8. The van der Waals surface area contributed by atoms with E-state index in [0.29, 0.717) is 24.5 Å². The van der Waals surface area contributed by atoms with E-state index in [1.54, 1.807) is 26.4 Å². The number of likely N-dealkylation sites (tertiary alicyclic amines) is 1. The second-order valence-corrected chi connectivity index (χ2v) is 13.0. The quantitative estimate of drug-likeness (QED) is 0.118. The Hall–Kier alpha value is -2.40. The summed E-state index contributed by atoms with van der Waals surface area (Å²) in [5, 5.41) is 0. The van der Waals surface area contributed by atoms with Crippen molar-refractivity contribution in [2.75, 3.05) is 33.9 Å². The van der Waals surface area contributed by atoms with E-state index in [1.807, 2.05) is 24.3 Å². The normalized spacial score (nSPS) is 14.9. The lowest BCUT2D eigenvalue weighted by Crippen LogP contribution is -2.37. The van der Waals surface area contributed by atoms with Crippen LogP contribution in [0.5, 0.6) is 11.5 Å². The third-order valence-corrected chi connectivity index (χ3v) is 9.67. The van der Waals surface area contributed by atoms with Gasteiger partial charge in [-0.2, -0.15) is 0 Å². The van der Waals surface area contributed by atoms with Gasteiger partial charge in [0.05, 0.1) is 14.2 Å². The number of rotatable bonds is 23. The summed E-state index contributed by atoms with van der Waals surface area (Å²) in [5.74, 6) is 2.25. The van der Waals surface area contributed by atoms with Gasteiger partial charge in [0.2, 0.25) is 0 Å². The summed E-state index contributed by atoms with van der Waals surface area (Å²) in [5.41, 5.74) is 2.28. The number of carbonyl (C=O) groups excluding carboxylic acids is 1. The molecular formula is C39H60FNO3. The summed E-state index contributed by atoms with van der Waals surface area (Å²) in [7, 11) is 3.38. The highest BCUT2D eigenvalue weighted by molar-refractivity contribution is 5.79. The van der Waals surface area contributed by atoms with Crippen molar-refractivity contribution in [2.24, 2.45) is 5.92 Å². The van der Waals surface area contributed by atoms with Crippen LogP contribution in [0.3, 0.4) is 0 Å². The number of ether oxygens (including phenoxy) is 2. The van der Waals surface area contributed by atoms with Crippen molar-refractivity contribution in [2.45, 2.75) is 128 Å². The molecule has 1 aliphatic heterocycles. The van der Waals surface area contributed by atoms with Crippen LogP contribution in [0.1, 0.15) is 133 Å². The van der Waals surface area contributed by atoms with Gasteiger partial charge in [0.25, 0.3) is 0 Å². The van der Waals surface area contributed by atoms with Crippen LogP contribution < -0.4 is 9.47 Å². The van der Waals surface area contributed by atoms with E-state index in [9.17, 15) is 9.18 Å². The molecule has 2 aromatic carbocycles. The molecule has 44 heavy (non-hydrogen) atoms. The highest BCUT2D eigenvalue weighted by Crippen LogP contribution is 2.43. The first-order valence-corrected chi connectivity index (χ1v) is 17.7. The summed E-state index contributed by atoms with van der Waals surface area (Å²) in [4.78, 5) is 15.9. The lowest BCUT2D eigenvalue weighted by molar-refractivity contribution is -0.120. The lowest BCUT2D eigenvalue weighted by Gasteiger charge is -2.37. The van der Waals surface area contributed by atoms with Crippen molar-refractivity contribution in [3.8, 4) is 11.5 Å². The number of halogens is 1. The first-order valence-electron chi connectivity index (χ1n) is 17.7. The Morgan fingerprint density at radius 3 is 1.98 bits per heavy atom. The molecule has 1 saturated heterocycles. The zero-order valence-electron chi connectivity index (χ0n) is 28.1. The highest BCUT2D eigenvalue weighted by Gasteiger charge is 2.32. The minimum absolute atomic E-state index is 0.133. The number of para-hydroxylation sites is 1. The van der Waals surface area contributed by atoms with E-state index >= 15 is 0 Å². The van der Waals surface area contributed by atoms with Gasteiger partial charge in [-0.25, -0.2) is 4.39 Å². The number of carbonyl (C=O) groups is 1. The van der Waals surface area contributed by atoms with Crippen LogP contribution in [0.25, 0.3) is 0 Å². The van der Waals surface area contributed by atoms with Gasteiger partial charge in [0.15, 0.2) is 11.5 Å². The maximum Gasteiger partial charge on any atom is 0.164 e. The van der Waals surface area contributed by atoms with Crippen LogP contribution in [0.2, 0.25) is 0 Å². The Morgan fingerprint density at radius 2 is 1.41 bits per heavy atom. The molecule has 0 unspecified atom stereocenters. The number of ketones is 1. The molecular weight excluding hydrogens is 549 g/mol. The molecule has 2 aromatic rings. The molecule has 0 amide bonds. The molecule has 1 heterocycles. The maximum atomic E-state index is 13.4. The Balaban J connectivity index is 1.44. The molecule has 246 valence electrons. The molecule has 0 radical (unpaired) electrons. The third kappa shape index (κ3) is 12.9. The molecule has 1 fully saturated rings. The van der Waals surface area contributed by atoms with Crippen LogP contribution >= 0.6 is 0 Å². The molecule has 3 rings (SSSR count). The first kappa shape index (κ1) is 36.1. The molecule has 0 N–H and O–H groups in total. The average Bonchev–Trinajstić information content (AvgIpc) is 3.05. The van der Waals surface area contributed by atoms with E-state index in [2.05, 4.69) is 17.9 Å². The minimum atomic E-state index is -0.183. The predicted octanol–water partition coefficient (Wildman–Crippen LogP) is 10.3. The second-order valence-electron chi connectivity index (χ2n) is 13.0. The fourth-order valence-electron chi connectivity index (χ4n) is 6.94. The molecule has 0 aromatic heterocycles. The molecule has 1 aliphatic rings. The SMILES string of the molecule is CCCCCCCCCCCCCCCC(=O)C[C@@H](c1cccc(OC)c1OC)C1CCN(CCc2ccc(F)cc2)CC1. The third-order valence-electron chi connectivity index (χ3n) is 9.67. The van der Waals surface area contributed by atoms with Crippen LogP contribution in [0, 0.1) is 11.7 Å². The number of hydrogen-bond donors (Lipinski definition) is 0. The van der Waals surface area contributed by atoms with Gasteiger partial charge < -0.3 is 14.4 Å². The van der Waals surface area contributed by atoms with Crippen LogP contribution in [-0.4, -0.2) is 44.5 Å². The monoisotopic (exact) mass is 609 g/mol. The largest absolute Gasteiger partial charge is 0.493 e. The molecule has 0 spiro atoms. The molecule has 1 atom stereocenters. The van der Waals surface area contributed by atoms with Crippen molar-refractivity contribution in [3.05, 3.63) is 59.4 Å². The number of piperidine rings is 1. The van der Waals surface area contributed by atoms with Crippen LogP contribution in [0.15, 0.2) is 42.5 Å². The Morgan fingerprint density at radius 1 is 0.818 bits per heavy atom.